The van der Waals surface area contributed by atoms with Crippen LogP contribution in [-0.2, 0) is 17.8 Å². The predicted octanol–water partition coefficient (Wildman–Crippen LogP) is 3.76. The SMILES string of the molecule is Cc1nc(-c2ccc(CCNC(=O)Cn3nc(-c4ccccc4)ccc3=O)s2)cs1. The van der Waals surface area contributed by atoms with Crippen molar-refractivity contribution in [3.63, 3.8) is 0 Å². The molecule has 4 aromatic rings. The van der Waals surface area contributed by atoms with Gasteiger partial charge in [0.05, 0.1) is 21.3 Å². The van der Waals surface area contributed by atoms with Gasteiger partial charge >= 0.3 is 0 Å². The highest BCUT2D eigenvalue weighted by Gasteiger charge is 2.09. The number of amides is 1. The van der Waals surface area contributed by atoms with Gasteiger partial charge < -0.3 is 5.32 Å². The van der Waals surface area contributed by atoms with Crippen molar-refractivity contribution < 1.29 is 4.79 Å². The molecule has 1 aromatic carbocycles. The van der Waals surface area contributed by atoms with Crippen LogP contribution >= 0.6 is 22.7 Å². The Balaban J connectivity index is 1.33. The van der Waals surface area contributed by atoms with E-state index in [1.807, 2.05) is 37.3 Å². The number of benzene rings is 1. The molecule has 0 atom stereocenters. The Hall–Kier alpha value is -3.10. The first-order valence-corrected chi connectivity index (χ1v) is 11.2. The minimum atomic E-state index is -0.300. The fraction of sp³-hybridized carbons (Fsp3) is 0.182. The number of carbonyl (C=O) groups excluding carboxylic acids is 1. The van der Waals surface area contributed by atoms with Crippen molar-refractivity contribution in [2.75, 3.05) is 6.54 Å². The van der Waals surface area contributed by atoms with E-state index in [1.165, 1.54) is 15.6 Å². The Labute approximate surface area is 181 Å². The molecule has 0 unspecified atom stereocenters. The molecule has 0 aliphatic rings. The van der Waals surface area contributed by atoms with Crippen molar-refractivity contribution >= 4 is 28.6 Å². The quantitative estimate of drug-likeness (QED) is 0.479. The van der Waals surface area contributed by atoms with Crippen LogP contribution in [0.15, 0.2) is 64.8 Å². The Morgan fingerprint density at radius 2 is 1.90 bits per heavy atom. The summed E-state index contributed by atoms with van der Waals surface area (Å²) < 4.78 is 1.20. The number of nitrogens with zero attached hydrogens (tertiary/aromatic N) is 3. The second-order valence-corrected chi connectivity index (χ2v) is 8.93. The number of aryl methyl sites for hydroxylation is 1. The lowest BCUT2D eigenvalue weighted by Crippen LogP contribution is -2.34. The monoisotopic (exact) mass is 436 g/mol. The van der Waals surface area contributed by atoms with E-state index in [4.69, 9.17) is 0 Å². The molecule has 3 aromatic heterocycles. The smallest absolute Gasteiger partial charge is 0.267 e. The molecule has 0 aliphatic heterocycles. The molecule has 0 aliphatic carbocycles. The van der Waals surface area contributed by atoms with E-state index in [1.54, 1.807) is 28.7 Å². The fourth-order valence-corrected chi connectivity index (χ4v) is 4.62. The number of hydrogen-bond acceptors (Lipinski definition) is 6. The van der Waals surface area contributed by atoms with Crippen molar-refractivity contribution in [3.05, 3.63) is 80.2 Å². The van der Waals surface area contributed by atoms with Crippen LogP contribution in [0.1, 0.15) is 9.88 Å². The van der Waals surface area contributed by atoms with Gasteiger partial charge in [0.15, 0.2) is 0 Å². The maximum atomic E-state index is 12.3. The normalized spacial score (nSPS) is 10.8. The van der Waals surface area contributed by atoms with Crippen LogP contribution in [0.25, 0.3) is 21.8 Å². The first-order valence-electron chi connectivity index (χ1n) is 9.50. The minimum absolute atomic E-state index is 0.104. The highest BCUT2D eigenvalue weighted by molar-refractivity contribution is 7.16. The van der Waals surface area contributed by atoms with Crippen molar-refractivity contribution in [1.82, 2.24) is 20.1 Å². The lowest BCUT2D eigenvalue weighted by atomic mass is 10.1. The molecule has 8 heteroatoms. The molecule has 0 fully saturated rings. The van der Waals surface area contributed by atoms with E-state index in [9.17, 15) is 9.59 Å². The second kappa shape index (κ2) is 9.15. The Morgan fingerprint density at radius 1 is 1.07 bits per heavy atom. The number of nitrogens with one attached hydrogen (secondary N) is 1. The lowest BCUT2D eigenvalue weighted by molar-refractivity contribution is -0.121. The van der Waals surface area contributed by atoms with Gasteiger partial charge in [0, 0.05) is 28.4 Å². The molecule has 152 valence electrons. The summed E-state index contributed by atoms with van der Waals surface area (Å²) in [5.74, 6) is -0.235. The van der Waals surface area contributed by atoms with E-state index in [0.29, 0.717) is 12.2 Å². The van der Waals surface area contributed by atoms with Gasteiger partial charge in [0.25, 0.3) is 5.56 Å². The number of thiophene rings is 1. The summed E-state index contributed by atoms with van der Waals surface area (Å²) in [4.78, 5) is 31.2. The zero-order chi connectivity index (χ0) is 20.9. The zero-order valence-corrected chi connectivity index (χ0v) is 18.0. The predicted molar refractivity (Wildman–Crippen MR) is 121 cm³/mol. The number of carbonyl (C=O) groups is 1. The third kappa shape index (κ3) is 4.90. The highest BCUT2D eigenvalue weighted by Crippen LogP contribution is 2.29. The van der Waals surface area contributed by atoms with Crippen LogP contribution in [0.3, 0.4) is 0 Å². The summed E-state index contributed by atoms with van der Waals surface area (Å²) in [7, 11) is 0. The molecule has 6 nitrogen and oxygen atoms in total. The van der Waals surface area contributed by atoms with E-state index >= 15 is 0 Å². The highest BCUT2D eigenvalue weighted by atomic mass is 32.1. The maximum Gasteiger partial charge on any atom is 0.267 e. The van der Waals surface area contributed by atoms with Gasteiger partial charge in [-0.05, 0) is 31.5 Å². The molecule has 0 bridgehead atoms. The average molecular weight is 437 g/mol. The maximum absolute atomic E-state index is 12.3. The molecule has 30 heavy (non-hydrogen) atoms. The van der Waals surface area contributed by atoms with Gasteiger partial charge in [-0.1, -0.05) is 30.3 Å². The van der Waals surface area contributed by atoms with Gasteiger partial charge in [-0.2, -0.15) is 5.10 Å². The first-order chi connectivity index (χ1) is 14.6. The summed E-state index contributed by atoms with van der Waals surface area (Å²) in [5.41, 5.74) is 2.26. The second-order valence-electron chi connectivity index (χ2n) is 6.70. The van der Waals surface area contributed by atoms with Crippen molar-refractivity contribution in [2.24, 2.45) is 0 Å². The molecular weight excluding hydrogens is 416 g/mol. The molecule has 0 saturated heterocycles. The third-order valence-electron chi connectivity index (χ3n) is 4.46. The van der Waals surface area contributed by atoms with E-state index in [2.05, 4.69) is 32.9 Å². The van der Waals surface area contributed by atoms with Crippen molar-refractivity contribution in [1.29, 1.82) is 0 Å². The number of aromatic nitrogens is 3. The number of thiazole rings is 1. The Morgan fingerprint density at radius 3 is 2.67 bits per heavy atom. The Bertz CT molecular complexity index is 1210. The van der Waals surface area contributed by atoms with Gasteiger partial charge in [-0.15, -0.1) is 22.7 Å². The van der Waals surface area contributed by atoms with Crippen molar-refractivity contribution in [3.8, 4) is 21.8 Å². The standard InChI is InChI=1S/C22H20N4O2S2/c1-15-24-19(14-29-15)20-9-7-17(30-20)11-12-23-21(27)13-26-22(28)10-8-18(25-26)16-5-3-2-4-6-16/h2-10,14H,11-13H2,1H3,(H,23,27). The topological polar surface area (TPSA) is 76.9 Å². The first kappa shape index (κ1) is 20.2. The molecule has 0 spiro atoms. The van der Waals surface area contributed by atoms with Crippen LogP contribution < -0.4 is 10.9 Å². The number of hydrogen-bond donors (Lipinski definition) is 1. The average Bonchev–Trinajstić information content (AvgIpc) is 3.39. The van der Waals surface area contributed by atoms with Crippen molar-refractivity contribution in [2.45, 2.75) is 19.9 Å². The minimum Gasteiger partial charge on any atom is -0.354 e. The molecule has 0 radical (unpaired) electrons. The molecule has 1 amide bonds. The lowest BCUT2D eigenvalue weighted by Gasteiger charge is -2.08. The van der Waals surface area contributed by atoms with Crippen LogP contribution in [-0.4, -0.2) is 27.2 Å². The van der Waals surface area contributed by atoms with Gasteiger partial charge in [-0.3, -0.25) is 9.59 Å². The van der Waals surface area contributed by atoms with E-state index in [0.717, 1.165) is 27.6 Å². The summed E-state index contributed by atoms with van der Waals surface area (Å²) in [6.07, 6.45) is 0.728. The molecule has 1 N–H and O–H groups in total. The number of rotatable bonds is 7. The third-order valence-corrected chi connectivity index (χ3v) is 6.40. The molecule has 4 rings (SSSR count). The molecule has 0 saturated carbocycles. The zero-order valence-electron chi connectivity index (χ0n) is 16.4. The summed E-state index contributed by atoms with van der Waals surface area (Å²) >= 11 is 3.32. The van der Waals surface area contributed by atoms with Crippen LogP contribution in [0.2, 0.25) is 0 Å². The summed E-state index contributed by atoms with van der Waals surface area (Å²) in [6.45, 7) is 2.39. The summed E-state index contributed by atoms with van der Waals surface area (Å²) in [5, 5.41) is 10.3. The summed E-state index contributed by atoms with van der Waals surface area (Å²) in [6, 6.07) is 16.8. The molecular formula is C22H20N4O2S2. The molecule has 3 heterocycles. The van der Waals surface area contributed by atoms with Gasteiger partial charge in [0.2, 0.25) is 5.91 Å². The largest absolute Gasteiger partial charge is 0.354 e. The van der Waals surface area contributed by atoms with E-state index < -0.39 is 0 Å². The van der Waals surface area contributed by atoms with E-state index in [-0.39, 0.29) is 18.0 Å². The fourth-order valence-electron chi connectivity index (χ4n) is 2.97. The Kier molecular flexibility index (Phi) is 6.15. The van der Waals surface area contributed by atoms with Crippen LogP contribution in [0.4, 0.5) is 0 Å². The van der Waals surface area contributed by atoms with Crippen LogP contribution in [0.5, 0.6) is 0 Å². The van der Waals surface area contributed by atoms with Crippen LogP contribution in [0, 0.1) is 6.92 Å². The van der Waals surface area contributed by atoms with Gasteiger partial charge in [-0.25, -0.2) is 9.67 Å². The van der Waals surface area contributed by atoms with Gasteiger partial charge in [0.1, 0.15) is 6.54 Å².